The van der Waals surface area contributed by atoms with E-state index in [1.165, 1.54) is 27.9 Å². The second-order valence-corrected chi connectivity index (χ2v) is 8.17. The second kappa shape index (κ2) is 12.7. The van der Waals surface area contributed by atoms with Crippen LogP contribution in [0.15, 0.2) is 70.9 Å². The molecule has 0 aromatic carbocycles. The van der Waals surface area contributed by atoms with Crippen LogP contribution in [-0.2, 0) is 0 Å². The van der Waals surface area contributed by atoms with Gasteiger partial charge in [0.1, 0.15) is 5.67 Å². The molecule has 0 aromatic heterocycles. The molecule has 1 heteroatoms. The maximum Gasteiger partial charge on any atom is 0.108 e. The van der Waals surface area contributed by atoms with Gasteiger partial charge in [0.15, 0.2) is 0 Å². The van der Waals surface area contributed by atoms with Crippen LogP contribution in [0.4, 0.5) is 4.39 Å². The van der Waals surface area contributed by atoms with E-state index >= 15 is 0 Å². The monoisotopic (exact) mass is 372 g/mol. The molecule has 1 atom stereocenters. The van der Waals surface area contributed by atoms with Gasteiger partial charge in [-0.15, -0.1) is 0 Å². The molecule has 0 bridgehead atoms. The fourth-order valence-corrected chi connectivity index (χ4v) is 3.09. The highest BCUT2D eigenvalue weighted by molar-refractivity contribution is 5.49. The van der Waals surface area contributed by atoms with E-state index in [1.54, 1.807) is 13.8 Å². The first-order chi connectivity index (χ1) is 12.6. The van der Waals surface area contributed by atoms with Gasteiger partial charge in [-0.05, 0) is 84.8 Å². The summed E-state index contributed by atoms with van der Waals surface area (Å²) in [5.74, 6) is 0.134. The molecule has 0 radical (unpaired) electrons. The van der Waals surface area contributed by atoms with E-state index in [9.17, 15) is 4.39 Å². The van der Waals surface area contributed by atoms with Crippen molar-refractivity contribution in [3.63, 3.8) is 0 Å². The van der Waals surface area contributed by atoms with Crippen molar-refractivity contribution < 1.29 is 4.39 Å². The van der Waals surface area contributed by atoms with Gasteiger partial charge in [-0.1, -0.05) is 73.1 Å². The number of hydrogen-bond acceptors (Lipinski definition) is 0. The Bertz CT molecular complexity index is 611. The van der Waals surface area contributed by atoms with Gasteiger partial charge in [-0.3, -0.25) is 0 Å². The van der Waals surface area contributed by atoms with Crippen LogP contribution in [0.3, 0.4) is 0 Å². The Morgan fingerprint density at radius 1 is 1.07 bits per heavy atom. The average molecular weight is 373 g/mol. The second-order valence-electron chi connectivity index (χ2n) is 8.17. The lowest BCUT2D eigenvalue weighted by Gasteiger charge is -2.25. The highest BCUT2D eigenvalue weighted by Gasteiger charge is 2.26. The van der Waals surface area contributed by atoms with Crippen LogP contribution in [0.25, 0.3) is 0 Å². The maximum absolute atomic E-state index is 14.2. The zero-order valence-electron chi connectivity index (χ0n) is 19.0. The lowest BCUT2D eigenvalue weighted by atomic mass is 9.85. The molecule has 0 aliphatic rings. The van der Waals surface area contributed by atoms with Crippen molar-refractivity contribution >= 4 is 0 Å². The Kier molecular flexibility index (Phi) is 11.9. The smallest absolute Gasteiger partial charge is 0.108 e. The number of allylic oxidation sites excluding steroid dienone is 11. The number of halogens is 1. The van der Waals surface area contributed by atoms with E-state index in [-0.39, 0.29) is 5.92 Å². The Morgan fingerprint density at radius 3 is 2.15 bits per heavy atom. The molecule has 0 saturated carbocycles. The summed E-state index contributed by atoms with van der Waals surface area (Å²) < 4.78 is 14.2. The lowest BCUT2D eigenvalue weighted by molar-refractivity contribution is 0.112. The maximum atomic E-state index is 14.2. The van der Waals surface area contributed by atoms with E-state index in [4.69, 9.17) is 0 Å². The van der Waals surface area contributed by atoms with Gasteiger partial charge in [-0.2, -0.15) is 0 Å². The molecule has 0 aliphatic heterocycles. The third kappa shape index (κ3) is 10.3. The molecular formula is C26H41F. The van der Waals surface area contributed by atoms with Gasteiger partial charge in [0.25, 0.3) is 0 Å². The molecule has 0 heterocycles. The standard InChI is InChI=1S/C26H41F/c1-10-14-24(23(11-2)18-17-22(7)20(4)5)19-21(6)15-13-16-25(12-3)26(8,9)27/h10-11,14,17-19,25H,1,12-13,15-16H2,2-9H3/b18-17-,21-19+,23-11-,24-14+. The highest BCUT2D eigenvalue weighted by Crippen LogP contribution is 2.29. The third-order valence-electron chi connectivity index (χ3n) is 5.23. The van der Waals surface area contributed by atoms with Gasteiger partial charge in [0, 0.05) is 0 Å². The van der Waals surface area contributed by atoms with E-state index in [0.717, 1.165) is 25.7 Å². The quantitative estimate of drug-likeness (QED) is 0.318. The van der Waals surface area contributed by atoms with E-state index in [0.29, 0.717) is 0 Å². The fourth-order valence-electron chi connectivity index (χ4n) is 3.09. The summed E-state index contributed by atoms with van der Waals surface area (Å²) in [5.41, 5.74) is 5.19. The van der Waals surface area contributed by atoms with Crippen LogP contribution in [0.2, 0.25) is 0 Å². The first-order valence-electron chi connectivity index (χ1n) is 10.2. The molecular weight excluding hydrogens is 331 g/mol. The molecule has 27 heavy (non-hydrogen) atoms. The van der Waals surface area contributed by atoms with Crippen molar-refractivity contribution in [3.05, 3.63) is 70.9 Å². The molecule has 0 rings (SSSR count). The first kappa shape index (κ1) is 25.4. The Labute approximate surface area is 168 Å². The molecule has 0 N–H and O–H groups in total. The summed E-state index contributed by atoms with van der Waals surface area (Å²) in [6, 6.07) is 0. The predicted octanol–water partition coefficient (Wildman–Crippen LogP) is 8.85. The van der Waals surface area contributed by atoms with Crippen LogP contribution in [-0.4, -0.2) is 5.67 Å². The molecule has 0 aliphatic carbocycles. The minimum atomic E-state index is -1.09. The number of alkyl halides is 1. The largest absolute Gasteiger partial charge is 0.244 e. The molecule has 0 saturated heterocycles. The molecule has 152 valence electrons. The molecule has 0 aromatic rings. The summed E-state index contributed by atoms with van der Waals surface area (Å²) >= 11 is 0. The normalized spacial score (nSPS) is 15.2. The van der Waals surface area contributed by atoms with Crippen molar-refractivity contribution in [1.82, 2.24) is 0 Å². The van der Waals surface area contributed by atoms with Gasteiger partial charge in [0.2, 0.25) is 0 Å². The average Bonchev–Trinajstić information content (AvgIpc) is 2.57. The van der Waals surface area contributed by atoms with Gasteiger partial charge < -0.3 is 0 Å². The predicted molar refractivity (Wildman–Crippen MR) is 122 cm³/mol. The van der Waals surface area contributed by atoms with E-state index in [2.05, 4.69) is 78.5 Å². The SMILES string of the molecule is C=C/C=C(\C=C(/C)CCCC(CC)C(C)(C)F)C(/C=C\C(C)=C(C)C)=C\C. The van der Waals surface area contributed by atoms with Crippen LogP contribution < -0.4 is 0 Å². The van der Waals surface area contributed by atoms with Crippen LogP contribution in [0.1, 0.15) is 81.1 Å². The van der Waals surface area contributed by atoms with Gasteiger partial charge in [-0.25, -0.2) is 4.39 Å². The number of hydrogen-bond donors (Lipinski definition) is 0. The lowest BCUT2D eigenvalue weighted by Crippen LogP contribution is -2.25. The van der Waals surface area contributed by atoms with Crippen LogP contribution in [0, 0.1) is 5.92 Å². The fraction of sp³-hybridized carbons (Fsp3) is 0.538. The Balaban J connectivity index is 5.19. The number of rotatable bonds is 11. The van der Waals surface area contributed by atoms with Crippen LogP contribution >= 0.6 is 0 Å². The first-order valence-corrected chi connectivity index (χ1v) is 10.2. The minimum Gasteiger partial charge on any atom is -0.244 e. The van der Waals surface area contributed by atoms with Gasteiger partial charge >= 0.3 is 0 Å². The summed E-state index contributed by atoms with van der Waals surface area (Å²) in [7, 11) is 0. The zero-order valence-corrected chi connectivity index (χ0v) is 19.0. The molecule has 1 unspecified atom stereocenters. The van der Waals surface area contributed by atoms with Crippen molar-refractivity contribution in [2.75, 3.05) is 0 Å². The molecule has 0 spiro atoms. The highest BCUT2D eigenvalue weighted by atomic mass is 19.1. The summed E-state index contributed by atoms with van der Waals surface area (Å²) in [5, 5.41) is 0. The summed E-state index contributed by atoms with van der Waals surface area (Å²) in [4.78, 5) is 0. The van der Waals surface area contributed by atoms with Crippen molar-refractivity contribution in [1.29, 1.82) is 0 Å². The third-order valence-corrected chi connectivity index (χ3v) is 5.23. The van der Waals surface area contributed by atoms with Crippen molar-refractivity contribution in [2.45, 2.75) is 86.7 Å². The van der Waals surface area contributed by atoms with E-state index < -0.39 is 5.67 Å². The Morgan fingerprint density at radius 2 is 1.70 bits per heavy atom. The minimum absolute atomic E-state index is 0.134. The molecule has 0 nitrogen and oxygen atoms in total. The van der Waals surface area contributed by atoms with Crippen molar-refractivity contribution in [3.8, 4) is 0 Å². The summed E-state index contributed by atoms with van der Waals surface area (Å²) in [6.45, 7) is 20.0. The topological polar surface area (TPSA) is 0 Å². The summed E-state index contributed by atoms with van der Waals surface area (Å²) in [6.07, 6.45) is 16.4. The van der Waals surface area contributed by atoms with E-state index in [1.807, 2.05) is 6.08 Å². The molecule has 0 fully saturated rings. The Hall–Kier alpha value is -1.63. The van der Waals surface area contributed by atoms with Crippen LogP contribution in [0.5, 0.6) is 0 Å². The molecule has 0 amide bonds. The zero-order chi connectivity index (χ0) is 21.0. The van der Waals surface area contributed by atoms with Crippen molar-refractivity contribution in [2.24, 2.45) is 5.92 Å². The van der Waals surface area contributed by atoms with Gasteiger partial charge in [0.05, 0.1) is 0 Å².